The molecule has 126 valence electrons. The molecule has 0 atom stereocenters. The van der Waals surface area contributed by atoms with Crippen molar-refractivity contribution >= 4 is 23.4 Å². The Labute approximate surface area is 152 Å². The van der Waals surface area contributed by atoms with E-state index < -0.39 is 0 Å². The van der Waals surface area contributed by atoms with E-state index >= 15 is 0 Å². The summed E-state index contributed by atoms with van der Waals surface area (Å²) in [5.41, 5.74) is 0.789. The predicted octanol–water partition coefficient (Wildman–Crippen LogP) is 3.92. The fourth-order valence-corrected chi connectivity index (χ4v) is 3.16. The van der Waals surface area contributed by atoms with E-state index in [1.54, 1.807) is 24.7 Å². The molecule has 0 aliphatic heterocycles. The number of rotatable bonds is 6. The molecule has 0 radical (unpaired) electrons. The third kappa shape index (κ3) is 3.75. The van der Waals surface area contributed by atoms with Crippen molar-refractivity contribution in [2.45, 2.75) is 17.5 Å². The molecule has 4 aromatic rings. The minimum Gasteiger partial charge on any atom is -0.467 e. The number of hydrogen-bond donors (Lipinski definition) is 0. The Morgan fingerprint density at radius 1 is 1.20 bits per heavy atom. The van der Waals surface area contributed by atoms with Gasteiger partial charge < -0.3 is 13.5 Å². The highest BCUT2D eigenvalue weighted by Crippen LogP contribution is 2.24. The number of furan rings is 1. The van der Waals surface area contributed by atoms with Crippen LogP contribution in [0.2, 0.25) is 5.02 Å². The molecule has 0 amide bonds. The second-order valence-corrected chi connectivity index (χ2v) is 6.51. The number of aromatic nitrogens is 5. The average molecular weight is 374 g/mol. The maximum Gasteiger partial charge on any atom is 0.258 e. The van der Waals surface area contributed by atoms with Crippen molar-refractivity contribution in [2.24, 2.45) is 0 Å². The number of hydrogen-bond acceptors (Lipinski definition) is 7. The highest BCUT2D eigenvalue weighted by atomic mass is 35.5. The van der Waals surface area contributed by atoms with Gasteiger partial charge in [-0.2, -0.15) is 4.98 Å². The Hall–Kier alpha value is -2.58. The van der Waals surface area contributed by atoms with Crippen LogP contribution >= 0.6 is 23.4 Å². The molecule has 0 bridgehead atoms. The van der Waals surface area contributed by atoms with Gasteiger partial charge in [0.1, 0.15) is 12.1 Å². The third-order valence-corrected chi connectivity index (χ3v) is 4.57. The SMILES string of the molecule is Clc1cccc(-c2nc(CSc3nncn3Cc3ccco3)no2)c1. The van der Waals surface area contributed by atoms with E-state index in [1.165, 1.54) is 11.8 Å². The molecule has 0 unspecified atom stereocenters. The lowest BCUT2D eigenvalue weighted by molar-refractivity contribution is 0.425. The minimum atomic E-state index is 0.440. The van der Waals surface area contributed by atoms with Crippen LogP contribution in [0.25, 0.3) is 11.5 Å². The lowest BCUT2D eigenvalue weighted by Gasteiger charge is -2.02. The van der Waals surface area contributed by atoms with E-state index in [2.05, 4.69) is 20.3 Å². The first kappa shape index (κ1) is 15.9. The first-order chi connectivity index (χ1) is 12.3. The van der Waals surface area contributed by atoms with Gasteiger partial charge in [-0.3, -0.25) is 0 Å². The number of thioether (sulfide) groups is 1. The van der Waals surface area contributed by atoms with Crippen molar-refractivity contribution in [3.05, 3.63) is 65.6 Å². The molecule has 3 heterocycles. The van der Waals surface area contributed by atoms with Crippen LogP contribution in [0, 0.1) is 0 Å². The summed E-state index contributed by atoms with van der Waals surface area (Å²) < 4.78 is 12.6. The third-order valence-electron chi connectivity index (χ3n) is 3.36. The van der Waals surface area contributed by atoms with E-state index in [0.29, 0.717) is 29.0 Å². The Kier molecular flexibility index (Phi) is 4.53. The van der Waals surface area contributed by atoms with Crippen LogP contribution in [0.3, 0.4) is 0 Å². The lowest BCUT2D eigenvalue weighted by atomic mass is 10.2. The molecule has 25 heavy (non-hydrogen) atoms. The molecule has 0 spiro atoms. The quantitative estimate of drug-likeness (QED) is 0.474. The van der Waals surface area contributed by atoms with Crippen LogP contribution in [-0.2, 0) is 12.3 Å². The summed E-state index contributed by atoms with van der Waals surface area (Å²) >= 11 is 7.46. The van der Waals surface area contributed by atoms with Gasteiger partial charge in [-0.05, 0) is 30.3 Å². The van der Waals surface area contributed by atoms with Crippen LogP contribution in [0.5, 0.6) is 0 Å². The maximum absolute atomic E-state index is 5.99. The average Bonchev–Trinajstić information content (AvgIpc) is 3.36. The molecule has 0 aliphatic carbocycles. The molecular formula is C16H12ClN5O2S. The van der Waals surface area contributed by atoms with E-state index in [4.69, 9.17) is 20.5 Å². The monoisotopic (exact) mass is 373 g/mol. The largest absolute Gasteiger partial charge is 0.467 e. The van der Waals surface area contributed by atoms with Crippen molar-refractivity contribution in [1.29, 1.82) is 0 Å². The molecule has 3 aromatic heterocycles. The van der Waals surface area contributed by atoms with Crippen molar-refractivity contribution in [3.63, 3.8) is 0 Å². The summed E-state index contributed by atoms with van der Waals surface area (Å²) in [7, 11) is 0. The van der Waals surface area contributed by atoms with Crippen LogP contribution in [0.4, 0.5) is 0 Å². The van der Waals surface area contributed by atoms with Crippen LogP contribution in [0.15, 0.2) is 63.1 Å². The van der Waals surface area contributed by atoms with Crippen molar-refractivity contribution in [3.8, 4) is 11.5 Å². The predicted molar refractivity (Wildman–Crippen MR) is 92.1 cm³/mol. The van der Waals surface area contributed by atoms with Gasteiger partial charge in [0.05, 0.1) is 18.6 Å². The molecule has 0 fully saturated rings. The second-order valence-electron chi connectivity index (χ2n) is 5.14. The summed E-state index contributed by atoms with van der Waals surface area (Å²) in [6, 6.07) is 11.0. The fourth-order valence-electron chi connectivity index (χ4n) is 2.22. The van der Waals surface area contributed by atoms with Crippen molar-refractivity contribution < 1.29 is 8.94 Å². The van der Waals surface area contributed by atoms with Gasteiger partial charge in [0, 0.05) is 10.6 Å². The van der Waals surface area contributed by atoms with E-state index in [9.17, 15) is 0 Å². The van der Waals surface area contributed by atoms with Gasteiger partial charge in [-0.15, -0.1) is 10.2 Å². The highest BCUT2D eigenvalue weighted by Gasteiger charge is 2.12. The smallest absolute Gasteiger partial charge is 0.258 e. The molecule has 0 saturated carbocycles. The van der Waals surface area contributed by atoms with Gasteiger partial charge >= 0.3 is 0 Å². The van der Waals surface area contributed by atoms with Gasteiger partial charge in [0.25, 0.3) is 5.89 Å². The second kappa shape index (κ2) is 7.12. The van der Waals surface area contributed by atoms with Crippen LogP contribution in [-0.4, -0.2) is 24.9 Å². The summed E-state index contributed by atoms with van der Waals surface area (Å²) in [5, 5.41) is 13.4. The molecule has 0 N–H and O–H groups in total. The Morgan fingerprint density at radius 3 is 3.00 bits per heavy atom. The number of benzene rings is 1. The molecule has 4 rings (SSSR count). The molecule has 9 heteroatoms. The summed E-state index contributed by atoms with van der Waals surface area (Å²) in [5.74, 6) is 2.37. The van der Waals surface area contributed by atoms with Crippen molar-refractivity contribution in [1.82, 2.24) is 24.9 Å². The summed E-state index contributed by atoms with van der Waals surface area (Å²) in [6.07, 6.45) is 3.31. The van der Waals surface area contributed by atoms with Crippen LogP contribution in [0.1, 0.15) is 11.6 Å². The number of nitrogens with zero attached hydrogens (tertiary/aromatic N) is 5. The topological polar surface area (TPSA) is 82.8 Å². The molecule has 0 aliphatic rings. The van der Waals surface area contributed by atoms with E-state index in [0.717, 1.165) is 16.5 Å². The standard InChI is InChI=1S/C16H12ClN5O2S/c17-12-4-1-3-11(7-12)15-19-14(21-24-15)9-25-16-20-18-10-22(16)8-13-5-2-6-23-13/h1-7,10H,8-9H2. The summed E-state index contributed by atoms with van der Waals surface area (Å²) in [4.78, 5) is 4.39. The molecule has 0 saturated heterocycles. The lowest BCUT2D eigenvalue weighted by Crippen LogP contribution is -1.99. The Bertz CT molecular complexity index is 967. The maximum atomic E-state index is 5.99. The zero-order chi connectivity index (χ0) is 17.1. The summed E-state index contributed by atoms with van der Waals surface area (Å²) in [6.45, 7) is 0.572. The Morgan fingerprint density at radius 2 is 2.16 bits per heavy atom. The first-order valence-electron chi connectivity index (χ1n) is 7.39. The highest BCUT2D eigenvalue weighted by molar-refractivity contribution is 7.98. The van der Waals surface area contributed by atoms with Gasteiger partial charge in [-0.1, -0.05) is 34.6 Å². The van der Waals surface area contributed by atoms with Gasteiger partial charge in [-0.25, -0.2) is 0 Å². The van der Waals surface area contributed by atoms with E-state index in [1.807, 2.05) is 28.8 Å². The zero-order valence-corrected chi connectivity index (χ0v) is 14.4. The number of halogens is 1. The van der Waals surface area contributed by atoms with E-state index in [-0.39, 0.29) is 0 Å². The minimum absolute atomic E-state index is 0.440. The zero-order valence-electron chi connectivity index (χ0n) is 12.9. The Balaban J connectivity index is 1.43. The normalized spacial score (nSPS) is 11.1. The van der Waals surface area contributed by atoms with Gasteiger partial charge in [0.15, 0.2) is 11.0 Å². The van der Waals surface area contributed by atoms with Gasteiger partial charge in [0.2, 0.25) is 0 Å². The molecule has 7 nitrogen and oxygen atoms in total. The van der Waals surface area contributed by atoms with Crippen LogP contribution < -0.4 is 0 Å². The van der Waals surface area contributed by atoms with Crippen molar-refractivity contribution in [2.75, 3.05) is 0 Å². The molecule has 1 aromatic carbocycles. The fraction of sp³-hybridized carbons (Fsp3) is 0.125. The molecular weight excluding hydrogens is 362 g/mol. The first-order valence-corrected chi connectivity index (χ1v) is 8.76.